The predicted molar refractivity (Wildman–Crippen MR) is 123 cm³/mol. The Labute approximate surface area is 192 Å². The molecule has 0 atom stereocenters. The summed E-state index contributed by atoms with van der Waals surface area (Å²) in [5.74, 6) is -0.474. The third-order valence-corrected chi connectivity index (χ3v) is 5.91. The van der Waals surface area contributed by atoms with Gasteiger partial charge in [-0.1, -0.05) is 17.7 Å². The minimum absolute atomic E-state index is 0.00616. The largest absolute Gasteiger partial charge is 0.501 e. The van der Waals surface area contributed by atoms with Crippen LogP contribution in [0.4, 0.5) is 10.1 Å². The summed E-state index contributed by atoms with van der Waals surface area (Å²) in [5.41, 5.74) is 7.64. The van der Waals surface area contributed by atoms with Crippen molar-refractivity contribution in [3.63, 3.8) is 0 Å². The molecule has 1 saturated carbocycles. The van der Waals surface area contributed by atoms with E-state index in [1.165, 1.54) is 10.7 Å². The van der Waals surface area contributed by atoms with Crippen LogP contribution in [0.1, 0.15) is 18.5 Å². The highest BCUT2D eigenvalue weighted by atomic mass is 35.5. The first-order valence-electron chi connectivity index (χ1n) is 10.2. The molecule has 33 heavy (non-hydrogen) atoms. The molecule has 3 N–H and O–H groups in total. The molecule has 4 aromatic rings. The summed E-state index contributed by atoms with van der Waals surface area (Å²) < 4.78 is 22.7. The molecule has 0 unspecified atom stereocenters. The van der Waals surface area contributed by atoms with Crippen LogP contribution in [-0.2, 0) is 13.6 Å². The third kappa shape index (κ3) is 3.53. The van der Waals surface area contributed by atoms with E-state index >= 15 is 4.39 Å². The number of H-pyrrole nitrogens is 1. The molecule has 5 rings (SSSR count). The van der Waals surface area contributed by atoms with Crippen LogP contribution in [0.15, 0.2) is 35.3 Å². The van der Waals surface area contributed by atoms with E-state index in [2.05, 4.69) is 20.1 Å². The topological polar surface area (TPSA) is 103 Å². The molecule has 0 spiro atoms. The highest BCUT2D eigenvalue weighted by Gasteiger charge is 2.29. The van der Waals surface area contributed by atoms with E-state index < -0.39 is 5.82 Å². The van der Waals surface area contributed by atoms with E-state index in [1.54, 1.807) is 31.4 Å². The highest BCUT2D eigenvalue weighted by molar-refractivity contribution is 6.31. The molecular formula is C23H18ClFN6O2. The number of ether oxygens (including phenoxy) is 1. The zero-order valence-corrected chi connectivity index (χ0v) is 18.3. The number of rotatable bonds is 5. The van der Waals surface area contributed by atoms with E-state index in [4.69, 9.17) is 28.6 Å². The number of fused-ring (bicyclic) bond motifs is 1. The van der Waals surface area contributed by atoms with Crippen molar-refractivity contribution in [1.29, 1.82) is 0 Å². The van der Waals surface area contributed by atoms with Crippen LogP contribution < -0.4 is 16.0 Å². The molecule has 10 heteroatoms. The lowest BCUT2D eigenvalue weighted by Crippen LogP contribution is -2.13. The van der Waals surface area contributed by atoms with Crippen molar-refractivity contribution >= 4 is 28.1 Å². The normalized spacial score (nSPS) is 13.3. The SMILES string of the molecule is [C-]#[N+]c1c(OC2CC2)cc(Cl)c(F)c1-c1c(-c2ccc3c(=O)[nH]nc(CN)c3c2)cnn1C. The quantitative estimate of drug-likeness (QED) is 0.428. The van der Waals surface area contributed by atoms with Crippen LogP contribution in [0.3, 0.4) is 0 Å². The number of hydrogen-bond acceptors (Lipinski definition) is 5. The zero-order chi connectivity index (χ0) is 23.3. The van der Waals surface area contributed by atoms with Gasteiger partial charge in [-0.05, 0) is 36.6 Å². The van der Waals surface area contributed by atoms with Crippen molar-refractivity contribution in [1.82, 2.24) is 20.0 Å². The molecule has 0 aliphatic heterocycles. The Bertz CT molecular complexity index is 1520. The van der Waals surface area contributed by atoms with Gasteiger partial charge >= 0.3 is 0 Å². The standard InChI is InChI=1S/C23H18ClFN6O2/c1-27-21-18(33-12-4-5-12)8-16(24)20(25)19(21)22-15(10-28-31(22)2)11-3-6-13-14(7-11)17(9-26)29-30-23(13)32/h3,6-8,10,12H,4-5,9,26H2,2H3,(H,30,32). The van der Waals surface area contributed by atoms with Gasteiger partial charge in [0.25, 0.3) is 5.56 Å². The van der Waals surface area contributed by atoms with Crippen LogP contribution in [-0.4, -0.2) is 26.1 Å². The summed E-state index contributed by atoms with van der Waals surface area (Å²) in [7, 11) is 1.66. The summed E-state index contributed by atoms with van der Waals surface area (Å²) in [6.45, 7) is 7.86. The van der Waals surface area contributed by atoms with Gasteiger partial charge in [0.2, 0.25) is 5.69 Å². The Morgan fingerprint density at radius 1 is 1.36 bits per heavy atom. The van der Waals surface area contributed by atoms with Crippen LogP contribution in [0.2, 0.25) is 5.02 Å². The Morgan fingerprint density at radius 3 is 2.85 bits per heavy atom. The second kappa shape index (κ2) is 7.99. The number of halogens is 2. The molecule has 0 bridgehead atoms. The van der Waals surface area contributed by atoms with Gasteiger partial charge in [0.05, 0.1) is 40.7 Å². The molecule has 1 aliphatic rings. The van der Waals surface area contributed by atoms with Gasteiger partial charge < -0.3 is 10.5 Å². The molecule has 0 amide bonds. The molecule has 1 aliphatic carbocycles. The highest BCUT2D eigenvalue weighted by Crippen LogP contribution is 2.47. The first-order valence-corrected chi connectivity index (χ1v) is 10.6. The Hall–Kier alpha value is -3.74. The number of nitrogens with one attached hydrogen (secondary N) is 1. The second-order valence-electron chi connectivity index (χ2n) is 7.82. The minimum atomic E-state index is -0.725. The minimum Gasteiger partial charge on any atom is -0.501 e. The van der Waals surface area contributed by atoms with Gasteiger partial charge in [0, 0.05) is 30.1 Å². The summed E-state index contributed by atoms with van der Waals surface area (Å²) >= 11 is 6.21. The van der Waals surface area contributed by atoms with Crippen LogP contribution in [0.25, 0.3) is 38.0 Å². The first-order chi connectivity index (χ1) is 15.9. The van der Waals surface area contributed by atoms with E-state index in [0.29, 0.717) is 33.3 Å². The van der Waals surface area contributed by atoms with Crippen molar-refractivity contribution in [2.24, 2.45) is 12.8 Å². The van der Waals surface area contributed by atoms with Crippen molar-refractivity contribution < 1.29 is 9.13 Å². The monoisotopic (exact) mass is 464 g/mol. The lowest BCUT2D eigenvalue weighted by Gasteiger charge is -2.15. The number of nitrogens with zero attached hydrogens (tertiary/aromatic N) is 4. The molecule has 2 aromatic carbocycles. The lowest BCUT2D eigenvalue weighted by atomic mass is 9.97. The molecular weight excluding hydrogens is 447 g/mol. The number of benzene rings is 2. The molecule has 1 fully saturated rings. The summed E-state index contributed by atoms with van der Waals surface area (Å²) in [5, 5.41) is 11.7. The van der Waals surface area contributed by atoms with E-state index in [0.717, 1.165) is 12.8 Å². The van der Waals surface area contributed by atoms with Crippen molar-refractivity contribution in [2.75, 3.05) is 0 Å². The maximum atomic E-state index is 15.4. The van der Waals surface area contributed by atoms with E-state index in [1.807, 2.05) is 0 Å². The molecule has 8 nitrogen and oxygen atoms in total. The average molecular weight is 465 g/mol. The van der Waals surface area contributed by atoms with Gasteiger partial charge in [0.15, 0.2) is 0 Å². The number of hydrogen-bond donors (Lipinski definition) is 2. The van der Waals surface area contributed by atoms with Crippen molar-refractivity contribution in [2.45, 2.75) is 25.5 Å². The van der Waals surface area contributed by atoms with Gasteiger partial charge in [0.1, 0.15) is 11.6 Å². The lowest BCUT2D eigenvalue weighted by molar-refractivity contribution is 0.305. The smallest absolute Gasteiger partial charge is 0.272 e. The molecule has 2 aromatic heterocycles. The van der Waals surface area contributed by atoms with Gasteiger partial charge in [-0.2, -0.15) is 10.2 Å². The van der Waals surface area contributed by atoms with E-state index in [9.17, 15) is 4.79 Å². The van der Waals surface area contributed by atoms with Crippen molar-refractivity contribution in [3.05, 3.63) is 68.8 Å². The number of nitrogens with two attached hydrogens (primary N) is 1. The summed E-state index contributed by atoms with van der Waals surface area (Å²) in [6, 6.07) is 6.51. The fraction of sp³-hybridized carbons (Fsp3) is 0.217. The fourth-order valence-corrected chi connectivity index (χ4v) is 4.06. The fourth-order valence-electron chi connectivity index (χ4n) is 3.86. The van der Waals surface area contributed by atoms with Gasteiger partial charge in [-0.3, -0.25) is 9.48 Å². The van der Waals surface area contributed by atoms with E-state index in [-0.39, 0.29) is 40.2 Å². The summed E-state index contributed by atoms with van der Waals surface area (Å²) in [6.07, 6.45) is 3.35. The maximum absolute atomic E-state index is 15.4. The van der Waals surface area contributed by atoms with Crippen LogP contribution >= 0.6 is 11.6 Å². The third-order valence-electron chi connectivity index (χ3n) is 5.63. The molecule has 2 heterocycles. The Kier molecular flexibility index (Phi) is 5.12. The maximum Gasteiger partial charge on any atom is 0.272 e. The second-order valence-corrected chi connectivity index (χ2v) is 8.22. The zero-order valence-electron chi connectivity index (χ0n) is 17.5. The Balaban J connectivity index is 1.76. The Morgan fingerprint density at radius 2 is 2.15 bits per heavy atom. The molecule has 0 radical (unpaired) electrons. The van der Waals surface area contributed by atoms with Crippen molar-refractivity contribution in [3.8, 4) is 28.1 Å². The van der Waals surface area contributed by atoms with Gasteiger partial charge in [-0.15, -0.1) is 0 Å². The van der Waals surface area contributed by atoms with Gasteiger partial charge in [-0.25, -0.2) is 14.3 Å². The molecule has 0 saturated heterocycles. The predicted octanol–water partition coefficient (Wildman–Crippen LogP) is 4.33. The van der Waals surface area contributed by atoms with Crippen LogP contribution in [0, 0.1) is 12.4 Å². The number of aromatic nitrogens is 4. The first kappa shape index (κ1) is 21.1. The van der Waals surface area contributed by atoms with Crippen LogP contribution in [0.5, 0.6) is 5.75 Å². The number of aromatic amines is 1. The summed E-state index contributed by atoms with van der Waals surface area (Å²) in [4.78, 5) is 15.8. The number of aryl methyl sites for hydroxylation is 1. The molecule has 166 valence electrons. The average Bonchev–Trinajstić information content (AvgIpc) is 3.55.